The molecule has 3 N–H and O–H groups in total. The predicted molar refractivity (Wildman–Crippen MR) is 66.4 cm³/mol. The molecule has 4 nitrogen and oxygen atoms in total. The quantitative estimate of drug-likeness (QED) is 0.816. The fourth-order valence-corrected chi connectivity index (χ4v) is 1.56. The number of carbonyl (C=O) groups excluding carboxylic acids is 1. The molecule has 0 unspecified atom stereocenters. The third-order valence-electron chi connectivity index (χ3n) is 2.40. The fourth-order valence-electron chi connectivity index (χ4n) is 1.56. The van der Waals surface area contributed by atoms with Crippen molar-refractivity contribution >= 4 is 11.7 Å². The summed E-state index contributed by atoms with van der Waals surface area (Å²) >= 11 is 0. The first-order chi connectivity index (χ1) is 7.60. The maximum absolute atomic E-state index is 11.7. The van der Waals surface area contributed by atoms with Gasteiger partial charge in [0.15, 0.2) is 0 Å². The van der Waals surface area contributed by atoms with E-state index in [1.807, 2.05) is 38.1 Å². The summed E-state index contributed by atoms with van der Waals surface area (Å²) in [6.45, 7) is 4.47. The van der Waals surface area contributed by atoms with Crippen molar-refractivity contribution in [1.29, 1.82) is 0 Å². The Balaban J connectivity index is 2.97. The highest BCUT2D eigenvalue weighted by Crippen LogP contribution is 2.17. The van der Waals surface area contributed by atoms with E-state index in [4.69, 9.17) is 5.73 Å². The van der Waals surface area contributed by atoms with Crippen LogP contribution in [0.4, 0.5) is 10.5 Å². The number of nitrogens with one attached hydrogen (secondary N) is 1. The maximum Gasteiger partial charge on any atom is 0.321 e. The number of nitrogens with two attached hydrogens (primary N) is 1. The molecule has 0 aliphatic rings. The van der Waals surface area contributed by atoms with Crippen LogP contribution in [0.2, 0.25) is 0 Å². The van der Waals surface area contributed by atoms with Crippen LogP contribution in [-0.4, -0.2) is 19.1 Å². The van der Waals surface area contributed by atoms with Crippen LogP contribution in [0.1, 0.15) is 19.4 Å². The highest BCUT2D eigenvalue weighted by molar-refractivity contribution is 5.92. The average molecular weight is 221 g/mol. The highest BCUT2D eigenvalue weighted by Gasteiger charge is 2.17. The van der Waals surface area contributed by atoms with E-state index in [0.29, 0.717) is 6.54 Å². The van der Waals surface area contributed by atoms with Crippen LogP contribution in [0, 0.1) is 0 Å². The topological polar surface area (TPSA) is 58.4 Å². The van der Waals surface area contributed by atoms with E-state index >= 15 is 0 Å². The van der Waals surface area contributed by atoms with Crippen molar-refractivity contribution in [1.82, 2.24) is 5.32 Å². The van der Waals surface area contributed by atoms with Crippen LogP contribution in [-0.2, 0) is 6.54 Å². The van der Waals surface area contributed by atoms with Crippen LogP contribution < -0.4 is 16.0 Å². The lowest BCUT2D eigenvalue weighted by Crippen LogP contribution is -2.42. The lowest BCUT2D eigenvalue weighted by Gasteiger charge is -2.26. The molecule has 16 heavy (non-hydrogen) atoms. The summed E-state index contributed by atoms with van der Waals surface area (Å²) in [7, 11) is 1.63. The van der Waals surface area contributed by atoms with Crippen molar-refractivity contribution in [3.8, 4) is 0 Å². The Morgan fingerprint density at radius 2 is 1.94 bits per heavy atom. The molecule has 0 aliphatic heterocycles. The summed E-state index contributed by atoms with van der Waals surface area (Å²) in [6.07, 6.45) is 0. The minimum atomic E-state index is -0.101. The number of hydrogen-bond acceptors (Lipinski definition) is 2. The Bertz CT molecular complexity index is 346. The first-order valence-corrected chi connectivity index (χ1v) is 5.40. The highest BCUT2D eigenvalue weighted by atomic mass is 16.2. The first kappa shape index (κ1) is 12.5. The van der Waals surface area contributed by atoms with Crippen molar-refractivity contribution in [2.24, 2.45) is 5.73 Å². The molecular weight excluding hydrogens is 202 g/mol. The third-order valence-corrected chi connectivity index (χ3v) is 2.40. The molecule has 0 aromatic heterocycles. The standard InChI is InChI=1S/C12H19N3O/c1-9(2)15(12(16)14-3)11-6-4-10(8-13)5-7-11/h4-7,9H,8,13H2,1-3H3,(H,14,16). The van der Waals surface area contributed by atoms with Gasteiger partial charge in [0.25, 0.3) is 0 Å². The van der Waals surface area contributed by atoms with Gasteiger partial charge in [-0.3, -0.25) is 4.90 Å². The monoisotopic (exact) mass is 221 g/mol. The van der Waals surface area contributed by atoms with Gasteiger partial charge in [-0.15, -0.1) is 0 Å². The van der Waals surface area contributed by atoms with E-state index in [2.05, 4.69) is 5.32 Å². The second-order valence-corrected chi connectivity index (χ2v) is 3.89. The van der Waals surface area contributed by atoms with Gasteiger partial charge in [0.05, 0.1) is 0 Å². The van der Waals surface area contributed by atoms with E-state index < -0.39 is 0 Å². The minimum absolute atomic E-state index is 0.101. The molecule has 0 spiro atoms. The molecule has 1 aromatic rings. The molecule has 4 heteroatoms. The molecule has 0 fully saturated rings. The van der Waals surface area contributed by atoms with Gasteiger partial charge in [-0.1, -0.05) is 12.1 Å². The van der Waals surface area contributed by atoms with Gasteiger partial charge in [0.2, 0.25) is 0 Å². The largest absolute Gasteiger partial charge is 0.341 e. The molecule has 0 aliphatic carbocycles. The molecule has 0 saturated carbocycles. The van der Waals surface area contributed by atoms with Gasteiger partial charge in [-0.2, -0.15) is 0 Å². The van der Waals surface area contributed by atoms with E-state index in [1.165, 1.54) is 0 Å². The Hall–Kier alpha value is -1.55. The summed E-state index contributed by atoms with van der Waals surface area (Å²) in [5.41, 5.74) is 7.47. The second kappa shape index (κ2) is 5.51. The molecule has 0 atom stereocenters. The maximum atomic E-state index is 11.7. The summed E-state index contributed by atoms with van der Waals surface area (Å²) in [4.78, 5) is 13.4. The normalized spacial score (nSPS) is 10.3. The van der Waals surface area contributed by atoms with E-state index in [9.17, 15) is 4.79 Å². The predicted octanol–water partition coefficient (Wildman–Crippen LogP) is 1.70. The van der Waals surface area contributed by atoms with Gasteiger partial charge in [0.1, 0.15) is 0 Å². The summed E-state index contributed by atoms with van der Waals surface area (Å²) in [6, 6.07) is 7.72. The summed E-state index contributed by atoms with van der Waals surface area (Å²) in [5, 5.41) is 2.64. The molecule has 1 aromatic carbocycles. The molecule has 0 radical (unpaired) electrons. The van der Waals surface area contributed by atoms with Gasteiger partial charge < -0.3 is 11.1 Å². The molecule has 1 rings (SSSR count). The van der Waals surface area contributed by atoms with Crippen molar-refractivity contribution in [2.75, 3.05) is 11.9 Å². The number of hydrogen-bond donors (Lipinski definition) is 2. The van der Waals surface area contributed by atoms with Crippen molar-refractivity contribution in [2.45, 2.75) is 26.4 Å². The molecule has 2 amide bonds. The zero-order valence-corrected chi connectivity index (χ0v) is 10.0. The average Bonchev–Trinajstić information content (AvgIpc) is 2.29. The van der Waals surface area contributed by atoms with Crippen LogP contribution in [0.3, 0.4) is 0 Å². The lowest BCUT2D eigenvalue weighted by atomic mass is 10.2. The van der Waals surface area contributed by atoms with Crippen molar-refractivity contribution in [3.05, 3.63) is 29.8 Å². The molecule has 0 saturated heterocycles. The van der Waals surface area contributed by atoms with Crippen molar-refractivity contribution in [3.63, 3.8) is 0 Å². The van der Waals surface area contributed by atoms with Crippen LogP contribution in [0.15, 0.2) is 24.3 Å². The molecule has 0 bridgehead atoms. The first-order valence-electron chi connectivity index (χ1n) is 5.40. The zero-order valence-electron chi connectivity index (χ0n) is 10.0. The van der Waals surface area contributed by atoms with Gasteiger partial charge in [-0.25, -0.2) is 4.79 Å². The molecule has 88 valence electrons. The number of anilines is 1. The Morgan fingerprint density at radius 1 is 1.38 bits per heavy atom. The fraction of sp³-hybridized carbons (Fsp3) is 0.417. The molecule has 0 heterocycles. The van der Waals surface area contributed by atoms with Gasteiger partial charge >= 0.3 is 6.03 Å². The summed E-state index contributed by atoms with van der Waals surface area (Å²) in [5.74, 6) is 0. The smallest absolute Gasteiger partial charge is 0.321 e. The second-order valence-electron chi connectivity index (χ2n) is 3.89. The lowest BCUT2D eigenvalue weighted by molar-refractivity contribution is 0.247. The summed E-state index contributed by atoms with van der Waals surface area (Å²) < 4.78 is 0. The van der Waals surface area contributed by atoms with Crippen molar-refractivity contribution < 1.29 is 4.79 Å². The Labute approximate surface area is 96.4 Å². The number of benzene rings is 1. The van der Waals surface area contributed by atoms with E-state index in [1.54, 1.807) is 11.9 Å². The number of rotatable bonds is 3. The number of nitrogens with zero attached hydrogens (tertiary/aromatic N) is 1. The van der Waals surface area contributed by atoms with Crippen LogP contribution in [0.5, 0.6) is 0 Å². The van der Waals surface area contributed by atoms with Crippen LogP contribution in [0.25, 0.3) is 0 Å². The van der Waals surface area contributed by atoms with Gasteiger partial charge in [-0.05, 0) is 31.5 Å². The minimum Gasteiger partial charge on any atom is -0.341 e. The Kier molecular flexibility index (Phi) is 4.31. The third kappa shape index (κ3) is 2.73. The van der Waals surface area contributed by atoms with E-state index in [-0.39, 0.29) is 12.1 Å². The Morgan fingerprint density at radius 3 is 2.31 bits per heavy atom. The number of amides is 2. The molecular formula is C12H19N3O. The van der Waals surface area contributed by atoms with Gasteiger partial charge in [0, 0.05) is 25.3 Å². The SMILES string of the molecule is CNC(=O)N(c1ccc(CN)cc1)C(C)C. The van der Waals surface area contributed by atoms with E-state index in [0.717, 1.165) is 11.3 Å². The van der Waals surface area contributed by atoms with Crippen LogP contribution >= 0.6 is 0 Å². The zero-order chi connectivity index (χ0) is 12.1. The number of carbonyl (C=O) groups is 1. The number of urea groups is 1.